The van der Waals surface area contributed by atoms with Crippen LogP contribution in [0.5, 0.6) is 0 Å². The topological polar surface area (TPSA) is 29.1 Å². The first-order chi connectivity index (χ1) is 6.69. The van der Waals surface area contributed by atoms with E-state index in [1.54, 1.807) is 0 Å². The highest BCUT2D eigenvalue weighted by Gasteiger charge is 2.32. The molecule has 3 unspecified atom stereocenters. The van der Waals surface area contributed by atoms with Crippen LogP contribution in [0.3, 0.4) is 0 Å². The molecule has 3 heteroatoms. The van der Waals surface area contributed by atoms with E-state index < -0.39 is 0 Å². The van der Waals surface area contributed by atoms with Crippen LogP contribution in [0.2, 0.25) is 0 Å². The number of halogens is 1. The van der Waals surface area contributed by atoms with Crippen LogP contribution in [-0.2, 0) is 4.79 Å². The third-order valence-electron chi connectivity index (χ3n) is 3.42. The van der Waals surface area contributed by atoms with Gasteiger partial charge in [0.2, 0.25) is 5.91 Å². The van der Waals surface area contributed by atoms with Crippen molar-refractivity contribution in [2.24, 2.45) is 11.8 Å². The normalized spacial score (nSPS) is 31.8. The van der Waals surface area contributed by atoms with Gasteiger partial charge in [-0.3, -0.25) is 4.79 Å². The molecule has 0 aromatic rings. The van der Waals surface area contributed by atoms with Crippen LogP contribution in [-0.4, -0.2) is 17.3 Å². The summed E-state index contributed by atoms with van der Waals surface area (Å²) < 4.78 is 0. The first-order valence-corrected chi connectivity index (χ1v) is 6.66. The summed E-state index contributed by atoms with van der Waals surface area (Å²) in [6, 6.07) is 0.423. The predicted octanol–water partition coefficient (Wildman–Crippen LogP) is 2.71. The van der Waals surface area contributed by atoms with Gasteiger partial charge in [-0.15, -0.1) is 0 Å². The molecule has 2 nitrogen and oxygen atoms in total. The number of rotatable bonds is 4. The van der Waals surface area contributed by atoms with Gasteiger partial charge in [0, 0.05) is 17.8 Å². The first-order valence-electron chi connectivity index (χ1n) is 5.54. The molecule has 1 aliphatic rings. The van der Waals surface area contributed by atoms with Crippen molar-refractivity contribution in [3.8, 4) is 0 Å². The SMILES string of the molecule is CCC1CCC(NC(=O)CCBr)C1C. The summed E-state index contributed by atoms with van der Waals surface area (Å²) in [6.45, 7) is 4.50. The average Bonchev–Trinajstić information content (AvgIpc) is 2.48. The van der Waals surface area contributed by atoms with E-state index in [1.807, 2.05) is 0 Å². The molecule has 3 atom stereocenters. The second-order valence-electron chi connectivity index (χ2n) is 4.22. The Morgan fingerprint density at radius 2 is 2.21 bits per heavy atom. The standard InChI is InChI=1S/C11H20BrNO/c1-3-9-4-5-10(8(9)2)13-11(14)6-7-12/h8-10H,3-7H2,1-2H3,(H,13,14). The highest BCUT2D eigenvalue weighted by atomic mass is 79.9. The lowest BCUT2D eigenvalue weighted by molar-refractivity contribution is -0.121. The van der Waals surface area contributed by atoms with E-state index in [9.17, 15) is 4.79 Å². The van der Waals surface area contributed by atoms with Gasteiger partial charge in [0.15, 0.2) is 0 Å². The molecular formula is C11H20BrNO. The van der Waals surface area contributed by atoms with Gasteiger partial charge in [0.1, 0.15) is 0 Å². The van der Waals surface area contributed by atoms with Gasteiger partial charge in [0.25, 0.3) is 0 Å². The zero-order chi connectivity index (χ0) is 10.6. The van der Waals surface area contributed by atoms with Crippen LogP contribution >= 0.6 is 15.9 Å². The fraction of sp³-hybridized carbons (Fsp3) is 0.909. The number of carbonyl (C=O) groups is 1. The highest BCUT2D eigenvalue weighted by molar-refractivity contribution is 9.09. The van der Waals surface area contributed by atoms with Crippen LogP contribution in [0.1, 0.15) is 39.5 Å². The van der Waals surface area contributed by atoms with Crippen LogP contribution in [0, 0.1) is 11.8 Å². The van der Waals surface area contributed by atoms with Crippen molar-refractivity contribution in [3.63, 3.8) is 0 Å². The minimum atomic E-state index is 0.190. The lowest BCUT2D eigenvalue weighted by Gasteiger charge is -2.20. The molecule has 1 saturated carbocycles. The first kappa shape index (κ1) is 12.0. The molecule has 82 valence electrons. The molecule has 1 fully saturated rings. The summed E-state index contributed by atoms with van der Waals surface area (Å²) in [5.74, 6) is 1.65. The Bertz CT molecular complexity index is 196. The number of nitrogens with one attached hydrogen (secondary N) is 1. The van der Waals surface area contributed by atoms with Crippen molar-refractivity contribution in [3.05, 3.63) is 0 Å². The molecule has 0 spiro atoms. The predicted molar refractivity (Wildman–Crippen MR) is 62.5 cm³/mol. The van der Waals surface area contributed by atoms with Crippen molar-refractivity contribution < 1.29 is 4.79 Å². The number of amides is 1. The van der Waals surface area contributed by atoms with E-state index >= 15 is 0 Å². The summed E-state index contributed by atoms with van der Waals surface area (Å²) >= 11 is 3.28. The Kier molecular flexibility index (Phi) is 4.93. The average molecular weight is 262 g/mol. The van der Waals surface area contributed by atoms with Crippen molar-refractivity contribution >= 4 is 21.8 Å². The Labute approximate surface area is 95.0 Å². The largest absolute Gasteiger partial charge is 0.353 e. The van der Waals surface area contributed by atoms with Crippen molar-refractivity contribution in [1.29, 1.82) is 0 Å². The van der Waals surface area contributed by atoms with Crippen LogP contribution < -0.4 is 5.32 Å². The number of carbonyl (C=O) groups excluding carboxylic acids is 1. The van der Waals surface area contributed by atoms with E-state index in [2.05, 4.69) is 35.1 Å². The second kappa shape index (κ2) is 5.74. The van der Waals surface area contributed by atoms with Crippen LogP contribution in [0.25, 0.3) is 0 Å². The molecule has 1 aliphatic carbocycles. The Morgan fingerprint density at radius 3 is 2.71 bits per heavy atom. The third kappa shape index (κ3) is 2.97. The Hall–Kier alpha value is -0.0500. The molecule has 1 rings (SSSR count). The summed E-state index contributed by atoms with van der Waals surface area (Å²) in [5, 5.41) is 3.89. The summed E-state index contributed by atoms with van der Waals surface area (Å²) in [6.07, 6.45) is 4.27. The maximum absolute atomic E-state index is 11.4. The molecule has 1 N–H and O–H groups in total. The van der Waals surface area contributed by atoms with Crippen LogP contribution in [0.4, 0.5) is 0 Å². The molecule has 0 aliphatic heterocycles. The van der Waals surface area contributed by atoms with Gasteiger partial charge < -0.3 is 5.32 Å². The van der Waals surface area contributed by atoms with E-state index in [4.69, 9.17) is 0 Å². The number of hydrogen-bond donors (Lipinski definition) is 1. The summed E-state index contributed by atoms with van der Waals surface area (Å²) in [7, 11) is 0. The Balaban J connectivity index is 2.36. The van der Waals surface area contributed by atoms with Gasteiger partial charge in [-0.25, -0.2) is 0 Å². The quantitative estimate of drug-likeness (QED) is 0.775. The monoisotopic (exact) mass is 261 g/mol. The summed E-state index contributed by atoms with van der Waals surface area (Å²) in [5.41, 5.74) is 0. The van der Waals surface area contributed by atoms with E-state index in [0.29, 0.717) is 18.4 Å². The third-order valence-corrected chi connectivity index (χ3v) is 3.82. The van der Waals surface area contributed by atoms with Gasteiger partial charge in [-0.2, -0.15) is 0 Å². The Morgan fingerprint density at radius 1 is 1.50 bits per heavy atom. The van der Waals surface area contributed by atoms with Crippen molar-refractivity contribution in [2.45, 2.75) is 45.6 Å². The van der Waals surface area contributed by atoms with Crippen LogP contribution in [0.15, 0.2) is 0 Å². The number of hydrogen-bond acceptors (Lipinski definition) is 1. The lowest BCUT2D eigenvalue weighted by Crippen LogP contribution is -2.37. The van der Waals surface area contributed by atoms with E-state index in [0.717, 1.165) is 17.7 Å². The molecule has 0 aromatic carbocycles. The molecule has 0 radical (unpaired) electrons. The van der Waals surface area contributed by atoms with Gasteiger partial charge in [-0.05, 0) is 24.7 Å². The second-order valence-corrected chi connectivity index (χ2v) is 5.01. The van der Waals surface area contributed by atoms with E-state index in [-0.39, 0.29) is 5.91 Å². The van der Waals surface area contributed by atoms with Gasteiger partial charge in [-0.1, -0.05) is 36.2 Å². The smallest absolute Gasteiger partial charge is 0.221 e. The molecular weight excluding hydrogens is 242 g/mol. The van der Waals surface area contributed by atoms with E-state index in [1.165, 1.54) is 12.8 Å². The maximum Gasteiger partial charge on any atom is 0.221 e. The number of alkyl halides is 1. The van der Waals surface area contributed by atoms with Crippen molar-refractivity contribution in [1.82, 2.24) is 5.32 Å². The summed E-state index contributed by atoms with van der Waals surface area (Å²) in [4.78, 5) is 11.4. The molecule has 0 aromatic heterocycles. The zero-order valence-corrected chi connectivity index (χ0v) is 10.6. The maximum atomic E-state index is 11.4. The fourth-order valence-electron chi connectivity index (χ4n) is 2.39. The fourth-order valence-corrected chi connectivity index (χ4v) is 2.75. The van der Waals surface area contributed by atoms with Crippen molar-refractivity contribution in [2.75, 3.05) is 5.33 Å². The highest BCUT2D eigenvalue weighted by Crippen LogP contribution is 2.33. The lowest BCUT2D eigenvalue weighted by atomic mass is 9.93. The zero-order valence-electron chi connectivity index (χ0n) is 9.05. The molecule has 0 saturated heterocycles. The molecule has 1 amide bonds. The minimum absolute atomic E-state index is 0.190. The van der Waals surface area contributed by atoms with Gasteiger partial charge >= 0.3 is 0 Å². The molecule has 0 heterocycles. The molecule has 0 bridgehead atoms. The minimum Gasteiger partial charge on any atom is -0.353 e. The molecule has 14 heavy (non-hydrogen) atoms. The van der Waals surface area contributed by atoms with Gasteiger partial charge in [0.05, 0.1) is 0 Å².